The highest BCUT2D eigenvalue weighted by molar-refractivity contribution is 7.89. The number of carbonyl (C=O) groups excluding carboxylic acids is 1. The first kappa shape index (κ1) is 50.0. The summed E-state index contributed by atoms with van der Waals surface area (Å²) in [7, 11) is -2.11. The van der Waals surface area contributed by atoms with Crippen molar-refractivity contribution in [1.82, 2.24) is 39.6 Å². The number of benzene rings is 6. The van der Waals surface area contributed by atoms with Gasteiger partial charge < -0.3 is 25.0 Å². The van der Waals surface area contributed by atoms with Crippen molar-refractivity contribution in [3.8, 4) is 28.0 Å². The fourth-order valence-corrected chi connectivity index (χ4v) is 10.3. The Hall–Kier alpha value is -6.40. The van der Waals surface area contributed by atoms with E-state index in [0.29, 0.717) is 48.3 Å². The van der Waals surface area contributed by atoms with Crippen LogP contribution in [-0.4, -0.2) is 93.0 Å². The van der Waals surface area contributed by atoms with Gasteiger partial charge in [0.25, 0.3) is 0 Å². The fourth-order valence-electron chi connectivity index (χ4n) is 7.62. The number of hydrogen-bond acceptors (Lipinski definition) is 13. The number of carbonyl (C=O) groups is 1. The van der Waals surface area contributed by atoms with Gasteiger partial charge in [0.2, 0.25) is 21.9 Å². The summed E-state index contributed by atoms with van der Waals surface area (Å²) in [5, 5.41) is 25.6. The zero-order valence-electron chi connectivity index (χ0n) is 38.8. The van der Waals surface area contributed by atoms with E-state index in [-0.39, 0.29) is 37.0 Å². The molecule has 0 aliphatic carbocycles. The number of ether oxygens (including phenoxy) is 2. The first-order chi connectivity index (χ1) is 33.4. The zero-order valence-corrected chi connectivity index (χ0v) is 42.6. The second kappa shape index (κ2) is 20.9. The van der Waals surface area contributed by atoms with E-state index in [4.69, 9.17) is 55.9 Å². The predicted molar refractivity (Wildman–Crippen MR) is 278 cm³/mol. The SMILES string of the molecule is COc1cccc(Nc2nnc3cc(-c4c(Cl)cccc4Cl)cc(C)c3n2)c1.Cc1cc(-c2c(Cl)cccc2Cl)cc2nnc(Nc3ccc(S(=O)(=O)N4CCN(C(=O)OC(C)(C)C)CC4)cc3)nc12. The highest BCUT2D eigenvalue weighted by Crippen LogP contribution is 2.38. The molecule has 0 saturated carbocycles. The van der Waals surface area contributed by atoms with Crippen LogP contribution in [0.15, 0.2) is 114 Å². The molecule has 1 aliphatic heterocycles. The number of sulfonamides is 1. The molecule has 20 heteroatoms. The van der Waals surface area contributed by atoms with Gasteiger partial charge in [-0.1, -0.05) is 64.6 Å². The lowest BCUT2D eigenvalue weighted by Gasteiger charge is -2.35. The maximum atomic E-state index is 13.2. The number of fused-ring (bicyclic) bond motifs is 2. The number of rotatable bonds is 9. The van der Waals surface area contributed by atoms with Crippen molar-refractivity contribution in [2.45, 2.75) is 45.1 Å². The van der Waals surface area contributed by atoms with Crippen LogP contribution in [0.3, 0.4) is 0 Å². The topological polar surface area (TPSA) is 178 Å². The lowest BCUT2D eigenvalue weighted by atomic mass is 10.0. The average Bonchev–Trinajstić information content (AvgIpc) is 3.32. The van der Waals surface area contributed by atoms with Gasteiger partial charge in [0, 0.05) is 74.8 Å². The fraction of sp³-hybridized carbons (Fsp3) is 0.220. The largest absolute Gasteiger partial charge is 0.497 e. The van der Waals surface area contributed by atoms with Crippen LogP contribution in [0, 0.1) is 13.8 Å². The number of methoxy groups -OCH3 is 1. The lowest BCUT2D eigenvalue weighted by molar-refractivity contribution is 0.0192. The number of hydrogen-bond donors (Lipinski definition) is 2. The number of nitrogens with zero attached hydrogens (tertiary/aromatic N) is 8. The van der Waals surface area contributed by atoms with Crippen molar-refractivity contribution < 1.29 is 22.7 Å². The first-order valence-corrected chi connectivity index (χ1v) is 24.8. The third-order valence-corrected chi connectivity index (χ3v) is 14.1. The number of nitrogens with one attached hydrogen (secondary N) is 2. The van der Waals surface area contributed by atoms with Crippen LogP contribution in [0.4, 0.5) is 28.1 Å². The Morgan fingerprint density at radius 3 is 1.56 bits per heavy atom. The molecule has 3 heterocycles. The summed E-state index contributed by atoms with van der Waals surface area (Å²) in [6, 6.07) is 32.3. The highest BCUT2D eigenvalue weighted by Gasteiger charge is 2.32. The van der Waals surface area contributed by atoms with Gasteiger partial charge in [-0.2, -0.15) is 4.31 Å². The summed E-state index contributed by atoms with van der Waals surface area (Å²) in [5.74, 6) is 1.42. The van der Waals surface area contributed by atoms with E-state index in [0.717, 1.165) is 50.3 Å². The van der Waals surface area contributed by atoms with Gasteiger partial charge in [-0.05, 0) is 142 Å². The molecule has 0 spiro atoms. The molecule has 1 amide bonds. The minimum atomic E-state index is -3.74. The summed E-state index contributed by atoms with van der Waals surface area (Å²) >= 11 is 25.5. The molecule has 2 N–H and O–H groups in total. The minimum absolute atomic E-state index is 0.151. The molecule has 0 unspecified atom stereocenters. The number of amides is 1. The standard InChI is InChI=1S/C29H30Cl2N6O4S.C21H16Cl2N4O/c1-18-16-19(25-22(30)6-5-7-23(25)31)17-24-26(18)33-27(35-34-24)32-20-8-10-21(11-9-20)42(39,40)37-14-12-36(13-15-37)28(38)41-29(2,3)4;1-12-9-13(19-16(22)7-4-8-17(19)23)10-18-20(12)25-21(27-26-18)24-14-5-3-6-15(11-14)28-2/h5-11,16-17H,12-15H2,1-4H3,(H,32,33,35);3-11H,1-2H3,(H,24,25,27). The third kappa shape index (κ3) is 11.4. The van der Waals surface area contributed by atoms with E-state index in [1.807, 2.05) is 80.6 Å². The van der Waals surface area contributed by atoms with E-state index >= 15 is 0 Å². The Labute approximate surface area is 425 Å². The molecule has 0 bridgehead atoms. The van der Waals surface area contributed by atoms with Crippen LogP contribution in [0.25, 0.3) is 44.3 Å². The molecule has 8 aromatic rings. The molecule has 360 valence electrons. The van der Waals surface area contributed by atoms with E-state index in [9.17, 15) is 13.2 Å². The molecule has 6 aromatic carbocycles. The summed E-state index contributed by atoms with van der Waals surface area (Å²) < 4.78 is 38.5. The van der Waals surface area contributed by atoms with E-state index in [1.165, 1.54) is 21.3 Å². The third-order valence-electron chi connectivity index (χ3n) is 11.0. The Balaban J connectivity index is 0.000000204. The number of aromatic nitrogens is 6. The molecule has 15 nitrogen and oxygen atoms in total. The molecule has 1 saturated heterocycles. The van der Waals surface area contributed by atoms with E-state index < -0.39 is 21.7 Å². The second-order valence-electron chi connectivity index (χ2n) is 17.2. The van der Waals surface area contributed by atoms with Crippen molar-refractivity contribution in [2.24, 2.45) is 0 Å². The quantitative estimate of drug-likeness (QED) is 0.140. The van der Waals surface area contributed by atoms with Gasteiger partial charge in [-0.3, -0.25) is 0 Å². The van der Waals surface area contributed by atoms with Crippen molar-refractivity contribution in [1.29, 1.82) is 0 Å². The van der Waals surface area contributed by atoms with Gasteiger partial charge in [0.15, 0.2) is 0 Å². The van der Waals surface area contributed by atoms with Crippen molar-refractivity contribution >= 4 is 108 Å². The highest BCUT2D eigenvalue weighted by atomic mass is 35.5. The van der Waals surface area contributed by atoms with Gasteiger partial charge >= 0.3 is 6.09 Å². The molecule has 0 atom stereocenters. The summed E-state index contributed by atoms with van der Waals surface area (Å²) in [5.41, 5.74) is 8.47. The van der Waals surface area contributed by atoms with Crippen LogP contribution in [-0.2, 0) is 14.8 Å². The Morgan fingerprint density at radius 2 is 1.09 bits per heavy atom. The van der Waals surface area contributed by atoms with Gasteiger partial charge in [0.1, 0.15) is 22.4 Å². The van der Waals surface area contributed by atoms with E-state index in [2.05, 4.69) is 41.0 Å². The monoisotopic (exact) mass is 1040 g/mol. The molecular formula is C50H46Cl4N10O5S. The van der Waals surface area contributed by atoms with Crippen molar-refractivity contribution in [3.05, 3.63) is 140 Å². The lowest BCUT2D eigenvalue weighted by Crippen LogP contribution is -2.51. The summed E-state index contributed by atoms with van der Waals surface area (Å²) in [6.07, 6.45) is -0.444. The Bertz CT molecular complexity index is 3330. The summed E-state index contributed by atoms with van der Waals surface area (Å²) in [6.45, 7) is 10.2. The second-order valence-corrected chi connectivity index (χ2v) is 20.7. The number of aryl methyl sites for hydroxylation is 2. The van der Waals surface area contributed by atoms with Crippen LogP contribution in [0.1, 0.15) is 31.9 Å². The Kier molecular flexibility index (Phi) is 14.9. The molecule has 0 radical (unpaired) electrons. The van der Waals surface area contributed by atoms with Gasteiger partial charge in [0.05, 0.1) is 23.0 Å². The minimum Gasteiger partial charge on any atom is -0.497 e. The zero-order chi connectivity index (χ0) is 49.9. The van der Waals surface area contributed by atoms with Crippen molar-refractivity contribution in [2.75, 3.05) is 43.9 Å². The molecular weight excluding hydrogens is 994 g/mol. The number of piperazine rings is 1. The molecule has 2 aromatic heterocycles. The van der Waals surface area contributed by atoms with E-state index in [1.54, 1.807) is 58.2 Å². The summed E-state index contributed by atoms with van der Waals surface area (Å²) in [4.78, 5) is 23.2. The van der Waals surface area contributed by atoms with Gasteiger partial charge in [-0.25, -0.2) is 23.2 Å². The maximum absolute atomic E-state index is 13.2. The molecule has 9 rings (SSSR count). The smallest absolute Gasteiger partial charge is 0.410 e. The molecule has 1 fully saturated rings. The predicted octanol–water partition coefficient (Wildman–Crippen LogP) is 12.4. The normalized spacial score (nSPS) is 13.1. The van der Waals surface area contributed by atoms with Crippen molar-refractivity contribution in [3.63, 3.8) is 0 Å². The van der Waals surface area contributed by atoms with Crippen LogP contribution < -0.4 is 15.4 Å². The maximum Gasteiger partial charge on any atom is 0.410 e. The van der Waals surface area contributed by atoms with Crippen LogP contribution in [0.2, 0.25) is 20.1 Å². The van der Waals surface area contributed by atoms with Gasteiger partial charge in [-0.15, -0.1) is 20.4 Å². The number of anilines is 4. The average molecular weight is 1040 g/mol. The number of halogens is 4. The Morgan fingerprint density at radius 1 is 0.614 bits per heavy atom. The molecule has 70 heavy (non-hydrogen) atoms. The van der Waals surface area contributed by atoms with Crippen LogP contribution in [0.5, 0.6) is 5.75 Å². The van der Waals surface area contributed by atoms with Crippen LogP contribution >= 0.6 is 46.4 Å². The molecule has 1 aliphatic rings. The first-order valence-electron chi connectivity index (χ1n) is 21.8.